The van der Waals surface area contributed by atoms with Crippen molar-refractivity contribution in [3.63, 3.8) is 0 Å². The average molecular weight is 268 g/mol. The van der Waals surface area contributed by atoms with Crippen LogP contribution in [0.4, 0.5) is 0 Å². The van der Waals surface area contributed by atoms with Crippen LogP contribution in [0.15, 0.2) is 18.2 Å². The maximum atomic E-state index is 6.24. The molecule has 1 aromatic carbocycles. The van der Waals surface area contributed by atoms with Gasteiger partial charge in [-0.25, -0.2) is 0 Å². The first-order valence-corrected chi connectivity index (χ1v) is 6.83. The highest BCUT2D eigenvalue weighted by molar-refractivity contribution is 6.32. The second-order valence-corrected chi connectivity index (χ2v) is 5.62. The molecule has 3 nitrogen and oxygen atoms in total. The molecule has 98 valence electrons. The van der Waals surface area contributed by atoms with Gasteiger partial charge in [-0.15, -0.1) is 0 Å². The third kappa shape index (κ3) is 2.17. The summed E-state index contributed by atoms with van der Waals surface area (Å²) in [5.41, 5.74) is -0.0174. The minimum Gasteiger partial charge on any atom is -0.497 e. The predicted molar refractivity (Wildman–Crippen MR) is 71.7 cm³/mol. The molecule has 2 heterocycles. The lowest BCUT2D eigenvalue weighted by Gasteiger charge is -2.34. The number of hydrogen-bond donors (Lipinski definition) is 0. The summed E-state index contributed by atoms with van der Waals surface area (Å²) in [6, 6.07) is 5.61. The number of piperidine rings is 1. The van der Waals surface area contributed by atoms with E-state index >= 15 is 0 Å². The number of hydrogen-bond acceptors (Lipinski definition) is 3. The molecule has 2 atom stereocenters. The van der Waals surface area contributed by atoms with Crippen LogP contribution >= 0.6 is 11.6 Å². The third-order valence-corrected chi connectivity index (χ3v) is 4.26. The molecule has 4 heteroatoms. The van der Waals surface area contributed by atoms with E-state index in [4.69, 9.17) is 21.1 Å². The molecule has 1 unspecified atom stereocenters. The lowest BCUT2D eigenvalue weighted by atomic mass is 9.94. The van der Waals surface area contributed by atoms with Gasteiger partial charge in [0, 0.05) is 25.6 Å². The van der Waals surface area contributed by atoms with E-state index in [0.29, 0.717) is 5.02 Å². The Kier molecular flexibility index (Phi) is 3.12. The number of halogens is 1. The van der Waals surface area contributed by atoms with Crippen LogP contribution in [0.25, 0.3) is 0 Å². The number of fused-ring (bicyclic) bond motifs is 2. The van der Waals surface area contributed by atoms with Crippen molar-refractivity contribution >= 4 is 11.6 Å². The van der Waals surface area contributed by atoms with Crippen molar-refractivity contribution in [3.8, 4) is 11.5 Å². The van der Waals surface area contributed by atoms with Crippen LogP contribution in [0.3, 0.4) is 0 Å². The molecule has 2 aliphatic rings. The van der Waals surface area contributed by atoms with Gasteiger partial charge in [0.15, 0.2) is 0 Å². The van der Waals surface area contributed by atoms with E-state index in [9.17, 15) is 0 Å². The molecule has 0 N–H and O–H groups in total. The molecule has 18 heavy (non-hydrogen) atoms. The molecule has 0 saturated carbocycles. The van der Waals surface area contributed by atoms with Crippen LogP contribution in [0.1, 0.15) is 19.3 Å². The van der Waals surface area contributed by atoms with Crippen molar-refractivity contribution in [2.75, 3.05) is 26.7 Å². The summed E-state index contributed by atoms with van der Waals surface area (Å²) in [5.74, 6) is 1.54. The number of benzene rings is 1. The Balaban J connectivity index is 1.80. The first-order valence-electron chi connectivity index (χ1n) is 6.46. The fraction of sp³-hybridized carbons (Fsp3) is 0.571. The van der Waals surface area contributed by atoms with E-state index in [1.807, 2.05) is 18.2 Å². The van der Waals surface area contributed by atoms with Gasteiger partial charge >= 0.3 is 0 Å². The van der Waals surface area contributed by atoms with Crippen molar-refractivity contribution in [2.45, 2.75) is 24.9 Å². The van der Waals surface area contributed by atoms with Gasteiger partial charge in [0.25, 0.3) is 0 Å². The van der Waals surface area contributed by atoms with Gasteiger partial charge in [-0.2, -0.15) is 0 Å². The molecular weight excluding hydrogens is 250 g/mol. The Hall–Kier alpha value is -0.930. The van der Waals surface area contributed by atoms with E-state index in [-0.39, 0.29) is 5.60 Å². The molecule has 2 aliphatic heterocycles. The summed E-state index contributed by atoms with van der Waals surface area (Å²) in [6.07, 6.45) is 3.45. The SMILES string of the molecule is COc1ccc(O[C@@]23CCCN(CC2)C3)c(Cl)c1. The van der Waals surface area contributed by atoms with Crippen LogP contribution in [0.2, 0.25) is 5.02 Å². The zero-order chi connectivity index (χ0) is 12.6. The Morgan fingerprint density at radius 2 is 2.17 bits per heavy atom. The molecule has 2 fully saturated rings. The van der Waals surface area contributed by atoms with Gasteiger partial charge in [-0.3, -0.25) is 4.90 Å². The molecule has 0 amide bonds. The normalized spacial score (nSPS) is 30.2. The van der Waals surface area contributed by atoms with E-state index in [1.54, 1.807) is 7.11 Å². The highest BCUT2D eigenvalue weighted by Gasteiger charge is 2.43. The Morgan fingerprint density at radius 3 is 2.94 bits per heavy atom. The smallest absolute Gasteiger partial charge is 0.139 e. The van der Waals surface area contributed by atoms with Gasteiger partial charge < -0.3 is 9.47 Å². The topological polar surface area (TPSA) is 21.7 Å². The quantitative estimate of drug-likeness (QED) is 0.840. The lowest BCUT2D eigenvalue weighted by Crippen LogP contribution is -2.43. The number of nitrogens with zero attached hydrogens (tertiary/aromatic N) is 1. The van der Waals surface area contributed by atoms with Crippen molar-refractivity contribution in [3.05, 3.63) is 23.2 Å². The van der Waals surface area contributed by atoms with E-state index < -0.39 is 0 Å². The minimum atomic E-state index is -0.0174. The van der Waals surface area contributed by atoms with Gasteiger partial charge in [0.1, 0.15) is 17.1 Å². The summed E-state index contributed by atoms with van der Waals surface area (Å²) < 4.78 is 11.4. The molecule has 0 radical (unpaired) electrons. The summed E-state index contributed by atoms with van der Waals surface area (Å²) in [5, 5.41) is 0.632. The summed E-state index contributed by atoms with van der Waals surface area (Å²) >= 11 is 6.24. The molecule has 1 aromatic rings. The number of rotatable bonds is 3. The highest BCUT2D eigenvalue weighted by Crippen LogP contribution is 2.38. The second-order valence-electron chi connectivity index (χ2n) is 5.21. The van der Waals surface area contributed by atoms with Crippen LogP contribution in [-0.2, 0) is 0 Å². The van der Waals surface area contributed by atoms with Crippen molar-refractivity contribution in [1.82, 2.24) is 4.90 Å². The zero-order valence-electron chi connectivity index (χ0n) is 10.6. The van der Waals surface area contributed by atoms with Crippen molar-refractivity contribution in [1.29, 1.82) is 0 Å². The van der Waals surface area contributed by atoms with Gasteiger partial charge in [0.2, 0.25) is 0 Å². The zero-order valence-corrected chi connectivity index (χ0v) is 11.4. The Bertz CT molecular complexity index is 447. The van der Waals surface area contributed by atoms with Crippen LogP contribution in [0.5, 0.6) is 11.5 Å². The molecule has 0 aliphatic carbocycles. The summed E-state index contributed by atoms with van der Waals surface area (Å²) in [4.78, 5) is 2.47. The maximum Gasteiger partial charge on any atom is 0.139 e. The standard InChI is InChI=1S/C14H18ClNO2/c1-17-11-3-4-13(12(15)9-11)18-14-5-2-7-16(10-14)8-6-14/h3-4,9H,2,5-8,10H2,1H3/t14-/m0/s1. The Morgan fingerprint density at radius 1 is 1.28 bits per heavy atom. The summed E-state index contributed by atoms with van der Waals surface area (Å²) in [7, 11) is 1.64. The maximum absolute atomic E-state index is 6.24. The first-order chi connectivity index (χ1) is 8.71. The highest BCUT2D eigenvalue weighted by atomic mass is 35.5. The predicted octanol–water partition coefficient (Wildman–Crippen LogP) is 2.97. The largest absolute Gasteiger partial charge is 0.497 e. The lowest BCUT2D eigenvalue weighted by molar-refractivity contribution is 0.0453. The van der Waals surface area contributed by atoms with E-state index in [0.717, 1.165) is 37.4 Å². The van der Waals surface area contributed by atoms with Gasteiger partial charge in [-0.05, 0) is 31.5 Å². The summed E-state index contributed by atoms with van der Waals surface area (Å²) in [6.45, 7) is 3.39. The van der Waals surface area contributed by atoms with E-state index in [2.05, 4.69) is 4.90 Å². The van der Waals surface area contributed by atoms with Gasteiger partial charge in [-0.1, -0.05) is 11.6 Å². The van der Waals surface area contributed by atoms with E-state index in [1.165, 1.54) is 13.0 Å². The fourth-order valence-electron chi connectivity index (χ4n) is 3.01. The molecule has 0 aromatic heterocycles. The number of ether oxygens (including phenoxy) is 2. The second kappa shape index (κ2) is 4.63. The molecule has 0 spiro atoms. The molecule has 2 saturated heterocycles. The monoisotopic (exact) mass is 267 g/mol. The third-order valence-electron chi connectivity index (χ3n) is 3.97. The molecule has 2 bridgehead atoms. The van der Waals surface area contributed by atoms with Crippen LogP contribution < -0.4 is 9.47 Å². The Labute approximate surface area is 113 Å². The molecular formula is C14H18ClNO2. The molecule has 3 rings (SSSR count). The van der Waals surface area contributed by atoms with Crippen LogP contribution in [-0.4, -0.2) is 37.2 Å². The average Bonchev–Trinajstić information content (AvgIpc) is 2.67. The first kappa shape index (κ1) is 12.1. The minimum absolute atomic E-state index is 0.0174. The van der Waals surface area contributed by atoms with Crippen molar-refractivity contribution in [2.24, 2.45) is 0 Å². The van der Waals surface area contributed by atoms with Gasteiger partial charge in [0.05, 0.1) is 12.1 Å². The van der Waals surface area contributed by atoms with Crippen molar-refractivity contribution < 1.29 is 9.47 Å². The van der Waals surface area contributed by atoms with Crippen LogP contribution in [0, 0.1) is 0 Å². The number of methoxy groups -OCH3 is 1. The fourth-order valence-corrected chi connectivity index (χ4v) is 3.22.